The molecule has 0 unspecified atom stereocenters. The third-order valence-corrected chi connectivity index (χ3v) is 4.99. The fraction of sp³-hybridized carbons (Fsp3) is 0.217. The van der Waals surface area contributed by atoms with Gasteiger partial charge in [-0.1, -0.05) is 18.2 Å². The smallest absolute Gasteiger partial charge is 0.257 e. The van der Waals surface area contributed by atoms with Gasteiger partial charge in [0, 0.05) is 12.2 Å². The van der Waals surface area contributed by atoms with E-state index in [2.05, 4.69) is 25.9 Å². The number of aliphatic hydroxyl groups is 1. The van der Waals surface area contributed by atoms with Gasteiger partial charge in [0.1, 0.15) is 23.0 Å². The van der Waals surface area contributed by atoms with E-state index < -0.39 is 17.7 Å². The SMILES string of the molecule is C[C@@H](O)CNC(=O)Cc1ccc(Nc2nc(-c3c(F)cccc3F)nc3c2C(=O)NC3)cc1. The summed E-state index contributed by atoms with van der Waals surface area (Å²) < 4.78 is 28.6. The van der Waals surface area contributed by atoms with Crippen molar-refractivity contribution in [3.05, 3.63) is 70.9 Å². The minimum atomic E-state index is -0.809. The number of halogens is 2. The van der Waals surface area contributed by atoms with Crippen molar-refractivity contribution < 1.29 is 23.5 Å². The number of rotatable bonds is 7. The Labute approximate surface area is 188 Å². The van der Waals surface area contributed by atoms with Gasteiger partial charge in [0.25, 0.3) is 5.91 Å². The average molecular weight is 453 g/mol. The minimum absolute atomic E-state index is 0.120. The van der Waals surface area contributed by atoms with Gasteiger partial charge in [-0.3, -0.25) is 9.59 Å². The molecule has 2 aromatic carbocycles. The quantitative estimate of drug-likeness (QED) is 0.437. The van der Waals surface area contributed by atoms with Crippen LogP contribution in [0.3, 0.4) is 0 Å². The second kappa shape index (κ2) is 9.29. The number of anilines is 2. The molecule has 1 aromatic heterocycles. The van der Waals surface area contributed by atoms with Crippen LogP contribution in [0.4, 0.5) is 20.3 Å². The molecule has 3 aromatic rings. The van der Waals surface area contributed by atoms with Crippen molar-refractivity contribution >= 4 is 23.3 Å². The van der Waals surface area contributed by atoms with Crippen LogP contribution in [0.15, 0.2) is 42.5 Å². The van der Waals surface area contributed by atoms with Crippen LogP contribution in [-0.4, -0.2) is 39.5 Å². The molecule has 2 heterocycles. The Kier molecular flexibility index (Phi) is 6.27. The molecule has 4 N–H and O–H groups in total. The lowest BCUT2D eigenvalue weighted by Gasteiger charge is -2.12. The molecular formula is C23H21F2N5O3. The molecule has 0 saturated heterocycles. The second-order valence-corrected chi connectivity index (χ2v) is 7.65. The molecule has 8 nitrogen and oxygen atoms in total. The Hall–Kier alpha value is -3.92. The number of nitrogens with zero attached hydrogens (tertiary/aromatic N) is 2. The third kappa shape index (κ3) is 4.96. The Morgan fingerprint density at radius 3 is 2.48 bits per heavy atom. The zero-order valence-electron chi connectivity index (χ0n) is 17.7. The monoisotopic (exact) mass is 453 g/mol. The molecule has 0 fully saturated rings. The van der Waals surface area contributed by atoms with E-state index in [1.807, 2.05) is 0 Å². The van der Waals surface area contributed by atoms with Crippen LogP contribution in [0.25, 0.3) is 11.4 Å². The zero-order chi connectivity index (χ0) is 23.5. The Balaban J connectivity index is 1.60. The van der Waals surface area contributed by atoms with Crippen LogP contribution in [0.5, 0.6) is 0 Å². The molecular weight excluding hydrogens is 432 g/mol. The minimum Gasteiger partial charge on any atom is -0.392 e. The fourth-order valence-electron chi connectivity index (χ4n) is 3.39. The molecule has 10 heteroatoms. The number of nitrogens with one attached hydrogen (secondary N) is 3. The molecule has 0 aliphatic carbocycles. The Bertz CT molecular complexity index is 1200. The molecule has 1 atom stereocenters. The van der Waals surface area contributed by atoms with E-state index in [4.69, 9.17) is 0 Å². The molecule has 1 aliphatic rings. The standard InChI is InChI=1S/C23H21F2N5O3/c1-12(31)10-26-18(32)9-13-5-7-14(8-6-13)28-22-20-17(11-27-23(20)33)29-21(30-22)19-15(24)3-2-4-16(19)25/h2-8,12,31H,9-11H2,1H3,(H,26,32)(H,27,33)(H,28,29,30)/t12-/m1/s1. The third-order valence-electron chi connectivity index (χ3n) is 4.99. The summed E-state index contributed by atoms with van der Waals surface area (Å²) in [5, 5.41) is 17.5. The number of carbonyl (C=O) groups excluding carboxylic acids is 2. The first-order chi connectivity index (χ1) is 15.8. The Morgan fingerprint density at radius 2 is 1.82 bits per heavy atom. The molecule has 0 radical (unpaired) electrons. The van der Waals surface area contributed by atoms with E-state index in [-0.39, 0.29) is 54.1 Å². The normalized spacial score (nSPS) is 13.3. The van der Waals surface area contributed by atoms with Gasteiger partial charge in [-0.2, -0.15) is 0 Å². The number of aromatic nitrogens is 2. The van der Waals surface area contributed by atoms with Gasteiger partial charge in [0.05, 0.1) is 30.3 Å². The van der Waals surface area contributed by atoms with Gasteiger partial charge in [0.15, 0.2) is 5.82 Å². The highest BCUT2D eigenvalue weighted by molar-refractivity contribution is 6.03. The lowest BCUT2D eigenvalue weighted by molar-refractivity contribution is -0.120. The summed E-state index contributed by atoms with van der Waals surface area (Å²) in [6.07, 6.45) is -0.496. The summed E-state index contributed by atoms with van der Waals surface area (Å²) in [4.78, 5) is 32.7. The first kappa shape index (κ1) is 22.3. The molecule has 0 spiro atoms. The number of benzene rings is 2. The van der Waals surface area contributed by atoms with E-state index in [0.29, 0.717) is 11.4 Å². The first-order valence-corrected chi connectivity index (χ1v) is 10.3. The highest BCUT2D eigenvalue weighted by Gasteiger charge is 2.28. The summed E-state index contributed by atoms with van der Waals surface area (Å²) in [5.74, 6) is -2.28. The van der Waals surface area contributed by atoms with Crippen molar-refractivity contribution in [1.82, 2.24) is 20.6 Å². The molecule has 1 aliphatic heterocycles. The second-order valence-electron chi connectivity index (χ2n) is 7.65. The molecule has 2 amide bonds. The van der Waals surface area contributed by atoms with Crippen molar-refractivity contribution in [2.45, 2.75) is 26.0 Å². The summed E-state index contributed by atoms with van der Waals surface area (Å²) >= 11 is 0. The number of amides is 2. The molecule has 170 valence electrons. The highest BCUT2D eigenvalue weighted by atomic mass is 19.1. The maximum atomic E-state index is 14.3. The lowest BCUT2D eigenvalue weighted by Crippen LogP contribution is -2.31. The van der Waals surface area contributed by atoms with Gasteiger partial charge in [-0.25, -0.2) is 18.7 Å². The molecule has 33 heavy (non-hydrogen) atoms. The number of hydrogen-bond acceptors (Lipinski definition) is 6. The van der Waals surface area contributed by atoms with Crippen molar-refractivity contribution in [3.63, 3.8) is 0 Å². The molecule has 0 saturated carbocycles. The van der Waals surface area contributed by atoms with Crippen LogP contribution in [-0.2, 0) is 17.8 Å². The Morgan fingerprint density at radius 1 is 1.12 bits per heavy atom. The topological polar surface area (TPSA) is 116 Å². The van der Waals surface area contributed by atoms with Crippen LogP contribution >= 0.6 is 0 Å². The fourth-order valence-corrected chi connectivity index (χ4v) is 3.39. The lowest BCUT2D eigenvalue weighted by atomic mass is 10.1. The van der Waals surface area contributed by atoms with E-state index in [9.17, 15) is 23.5 Å². The predicted molar refractivity (Wildman–Crippen MR) is 117 cm³/mol. The van der Waals surface area contributed by atoms with Crippen LogP contribution in [0.2, 0.25) is 0 Å². The number of aliphatic hydroxyl groups excluding tert-OH is 1. The van der Waals surface area contributed by atoms with Gasteiger partial charge < -0.3 is 21.1 Å². The van der Waals surface area contributed by atoms with Crippen LogP contribution in [0, 0.1) is 11.6 Å². The number of fused-ring (bicyclic) bond motifs is 1. The van der Waals surface area contributed by atoms with Gasteiger partial charge in [-0.15, -0.1) is 0 Å². The van der Waals surface area contributed by atoms with Crippen LogP contribution in [0.1, 0.15) is 28.5 Å². The highest BCUT2D eigenvalue weighted by Crippen LogP contribution is 2.30. The van der Waals surface area contributed by atoms with Crippen molar-refractivity contribution in [2.24, 2.45) is 0 Å². The summed E-state index contributed by atoms with van der Waals surface area (Å²) in [6, 6.07) is 10.3. The van der Waals surface area contributed by atoms with E-state index in [0.717, 1.165) is 17.7 Å². The predicted octanol–water partition coefficient (Wildman–Crippen LogP) is 2.45. The maximum Gasteiger partial charge on any atom is 0.257 e. The largest absolute Gasteiger partial charge is 0.392 e. The van der Waals surface area contributed by atoms with Crippen molar-refractivity contribution in [1.29, 1.82) is 0 Å². The van der Waals surface area contributed by atoms with E-state index in [1.54, 1.807) is 31.2 Å². The number of hydrogen-bond donors (Lipinski definition) is 4. The van der Waals surface area contributed by atoms with Crippen LogP contribution < -0.4 is 16.0 Å². The maximum absolute atomic E-state index is 14.3. The van der Waals surface area contributed by atoms with Crippen molar-refractivity contribution in [2.75, 3.05) is 11.9 Å². The first-order valence-electron chi connectivity index (χ1n) is 10.3. The average Bonchev–Trinajstić information content (AvgIpc) is 3.14. The van der Waals surface area contributed by atoms with Gasteiger partial charge in [-0.05, 0) is 36.8 Å². The molecule has 4 rings (SSSR count). The summed E-state index contributed by atoms with van der Waals surface area (Å²) in [5.41, 5.74) is 1.46. The van der Waals surface area contributed by atoms with E-state index >= 15 is 0 Å². The van der Waals surface area contributed by atoms with E-state index in [1.165, 1.54) is 6.07 Å². The van der Waals surface area contributed by atoms with Gasteiger partial charge >= 0.3 is 0 Å². The summed E-state index contributed by atoms with van der Waals surface area (Å²) in [7, 11) is 0. The zero-order valence-corrected chi connectivity index (χ0v) is 17.7. The van der Waals surface area contributed by atoms with Gasteiger partial charge in [0.2, 0.25) is 5.91 Å². The van der Waals surface area contributed by atoms with Crippen molar-refractivity contribution in [3.8, 4) is 11.4 Å². The summed E-state index contributed by atoms with van der Waals surface area (Å²) in [6.45, 7) is 1.87. The number of carbonyl (C=O) groups is 2. The molecule has 0 bridgehead atoms.